The van der Waals surface area contributed by atoms with E-state index in [1.54, 1.807) is 42.5 Å². The van der Waals surface area contributed by atoms with E-state index in [-0.39, 0.29) is 40.7 Å². The number of benzene rings is 4. The molecule has 4 amide bonds. The number of nitrogens with zero attached hydrogens (tertiary/aromatic N) is 2. The largest absolute Gasteiger partial charge is 0.476 e. The van der Waals surface area contributed by atoms with Crippen molar-refractivity contribution in [1.82, 2.24) is 9.80 Å². The highest BCUT2D eigenvalue weighted by molar-refractivity contribution is 7.98. The zero-order valence-electron chi connectivity index (χ0n) is 35.6. The van der Waals surface area contributed by atoms with Crippen molar-refractivity contribution in [3.05, 3.63) is 143 Å². The molecule has 0 spiro atoms. The summed E-state index contributed by atoms with van der Waals surface area (Å²) in [5.74, 6) is -2.33. The van der Waals surface area contributed by atoms with Crippen LogP contribution in [0.3, 0.4) is 0 Å². The Kier molecular flexibility index (Phi) is 15.4. The van der Waals surface area contributed by atoms with Crippen molar-refractivity contribution in [3.8, 4) is 0 Å². The predicted octanol–water partition coefficient (Wildman–Crippen LogP) is 10.0. The van der Waals surface area contributed by atoms with Crippen LogP contribution in [0.5, 0.6) is 0 Å². The number of halogens is 8. The first-order valence-electron chi connectivity index (χ1n) is 19.7. The van der Waals surface area contributed by atoms with E-state index in [1.807, 2.05) is 12.3 Å². The van der Waals surface area contributed by atoms with Crippen LogP contribution in [0.1, 0.15) is 49.9 Å². The number of amides is 4. The zero-order chi connectivity index (χ0) is 47.9. The molecule has 4 aromatic rings. The van der Waals surface area contributed by atoms with E-state index in [0.29, 0.717) is 22.6 Å². The molecule has 346 valence electrons. The summed E-state index contributed by atoms with van der Waals surface area (Å²) >= 11 is 1.50. The molecule has 0 bridgehead atoms. The van der Waals surface area contributed by atoms with Gasteiger partial charge < -0.3 is 20.1 Å². The first kappa shape index (κ1) is 49.6. The van der Waals surface area contributed by atoms with Crippen LogP contribution in [0.15, 0.2) is 121 Å². The highest BCUT2D eigenvalue weighted by Gasteiger charge is 2.45. The van der Waals surface area contributed by atoms with Gasteiger partial charge in [0.1, 0.15) is 16.8 Å². The van der Waals surface area contributed by atoms with Crippen molar-refractivity contribution in [2.24, 2.45) is 0 Å². The van der Waals surface area contributed by atoms with E-state index in [2.05, 4.69) is 10.6 Å². The molecule has 2 aliphatic rings. The highest BCUT2D eigenvalue weighted by atomic mass is 32.2. The summed E-state index contributed by atoms with van der Waals surface area (Å²) in [6.45, 7) is 5.09. The molecule has 0 saturated heterocycles. The number of hydrogen-bond donors (Lipinski definition) is 2. The summed E-state index contributed by atoms with van der Waals surface area (Å²) < 4.78 is 115. The molecule has 0 aromatic heterocycles. The Morgan fingerprint density at radius 3 is 1.63 bits per heavy atom. The number of hydrogen-bond acceptors (Lipinski definition) is 7. The number of carbonyl (C=O) groups excluding carboxylic acids is 4. The van der Waals surface area contributed by atoms with E-state index in [4.69, 9.17) is 9.47 Å². The number of carbonyl (C=O) groups is 4. The molecule has 2 N–H and O–H groups in total. The smallest absolute Gasteiger partial charge is 0.416 e. The van der Waals surface area contributed by atoms with Crippen molar-refractivity contribution in [2.45, 2.75) is 64.0 Å². The average Bonchev–Trinajstić information content (AvgIpc) is 3.23. The van der Waals surface area contributed by atoms with Gasteiger partial charge in [-0.1, -0.05) is 78.9 Å². The van der Waals surface area contributed by atoms with Crippen molar-refractivity contribution in [1.29, 1.82) is 0 Å². The molecule has 6 rings (SSSR count). The number of ether oxygens (including phenoxy) is 2. The minimum absolute atomic E-state index is 0.00910. The normalized spacial score (nSPS) is 15.0. The Morgan fingerprint density at radius 1 is 0.662 bits per heavy atom. The lowest BCUT2D eigenvalue weighted by Gasteiger charge is -2.40. The van der Waals surface area contributed by atoms with Crippen LogP contribution in [-0.4, -0.2) is 82.6 Å². The number of anilines is 2. The third-order valence-electron chi connectivity index (χ3n) is 10.3. The maximum absolute atomic E-state index is 13.5. The van der Waals surface area contributed by atoms with E-state index in [0.717, 1.165) is 17.0 Å². The lowest BCUT2D eigenvalue weighted by molar-refractivity contribution is -0.148. The molecule has 0 atom stereocenters. The van der Waals surface area contributed by atoms with Gasteiger partial charge in [-0.2, -0.15) is 38.1 Å². The molecule has 2 heterocycles. The molecule has 10 nitrogen and oxygen atoms in total. The Bertz CT molecular complexity index is 2440. The fourth-order valence-electron chi connectivity index (χ4n) is 6.62. The minimum Gasteiger partial charge on any atom is -0.476 e. The van der Waals surface area contributed by atoms with Crippen molar-refractivity contribution < 1.29 is 63.8 Å². The third-order valence-corrected chi connectivity index (χ3v) is 10.8. The molecular formula is C46H44F8N4O6S. The van der Waals surface area contributed by atoms with Gasteiger partial charge in [-0.05, 0) is 81.0 Å². The van der Waals surface area contributed by atoms with Gasteiger partial charge in [0.25, 0.3) is 18.2 Å². The number of rotatable bonds is 12. The fourth-order valence-corrected chi connectivity index (χ4v) is 7.11. The number of allylic oxidation sites excluding steroid dienone is 1. The first-order chi connectivity index (χ1) is 30.4. The van der Waals surface area contributed by atoms with Crippen LogP contribution < -0.4 is 10.6 Å². The number of alkyl halides is 8. The topological polar surface area (TPSA) is 117 Å². The van der Waals surface area contributed by atoms with Gasteiger partial charge in [0.15, 0.2) is 19.2 Å². The lowest BCUT2D eigenvalue weighted by atomic mass is 9.96. The van der Waals surface area contributed by atoms with Gasteiger partial charge in [0.2, 0.25) is 11.8 Å². The van der Waals surface area contributed by atoms with E-state index >= 15 is 0 Å². The number of thioether (sulfide) groups is 1. The predicted molar refractivity (Wildman–Crippen MR) is 230 cm³/mol. The van der Waals surface area contributed by atoms with Gasteiger partial charge in [-0.25, -0.2) is 8.78 Å². The van der Waals surface area contributed by atoms with Crippen LogP contribution >= 0.6 is 11.8 Å². The summed E-state index contributed by atoms with van der Waals surface area (Å²) in [7, 11) is 0. The maximum Gasteiger partial charge on any atom is 0.416 e. The molecule has 0 aliphatic carbocycles. The van der Waals surface area contributed by atoms with Gasteiger partial charge in [-0.15, -0.1) is 0 Å². The van der Waals surface area contributed by atoms with Gasteiger partial charge >= 0.3 is 12.4 Å². The maximum atomic E-state index is 13.5. The Hall–Kier alpha value is -6.37. The third kappa shape index (κ3) is 12.1. The monoisotopic (exact) mass is 932 g/mol. The molecule has 0 saturated carbocycles. The zero-order valence-corrected chi connectivity index (χ0v) is 36.4. The average molecular weight is 933 g/mol. The number of nitrogens with one attached hydrogen (secondary N) is 2. The molecule has 0 radical (unpaired) electrons. The lowest BCUT2D eigenvalue weighted by Crippen LogP contribution is -2.57. The second-order valence-electron chi connectivity index (χ2n) is 15.6. The van der Waals surface area contributed by atoms with Gasteiger partial charge in [-0.3, -0.25) is 29.0 Å². The highest BCUT2D eigenvalue weighted by Crippen LogP contribution is 2.36. The Balaban J connectivity index is 0.000000244. The molecule has 0 fully saturated rings. The van der Waals surface area contributed by atoms with Crippen molar-refractivity contribution in [3.63, 3.8) is 0 Å². The van der Waals surface area contributed by atoms with Crippen LogP contribution in [0.4, 0.5) is 46.5 Å². The second kappa shape index (κ2) is 20.2. The quantitative estimate of drug-likeness (QED) is 0.136. The van der Waals surface area contributed by atoms with Crippen LogP contribution in [0.2, 0.25) is 0 Å². The summed E-state index contributed by atoms with van der Waals surface area (Å²) in [6, 6.07) is 26.3. The summed E-state index contributed by atoms with van der Waals surface area (Å²) in [5.41, 5.74) is -2.92. The van der Waals surface area contributed by atoms with Crippen molar-refractivity contribution >= 4 is 57.9 Å². The standard InChI is InChI=1S/C23H21F5N2O3.C23H23F3N2O3S/c1-22(2,21(32)29-16-10-6-7-14(11-16)12-23(26,27)28)30-13-33-18(19(24)25)17(20(30)31)15-8-4-3-5-9-15;1-22(2,21(30)27-17-11-7-10-16(12-17)23(24,25)26)28-14-31-18(13-32-3)19(20(28)29)15-8-5-4-6-9-15/h3-11,19H,12-13H2,1-2H3,(H,29,32);4-12H,13-14H2,1-3H3,(H,27,30). The van der Waals surface area contributed by atoms with E-state index in [1.165, 1.54) is 92.9 Å². The van der Waals surface area contributed by atoms with Gasteiger partial charge in [0.05, 0.1) is 28.9 Å². The Labute approximate surface area is 373 Å². The van der Waals surface area contributed by atoms with Crippen molar-refractivity contribution in [2.75, 3.05) is 36.1 Å². The van der Waals surface area contributed by atoms with Crippen LogP contribution in [0.25, 0.3) is 11.1 Å². The Morgan fingerprint density at radius 2 is 1.14 bits per heavy atom. The minimum atomic E-state index is -4.53. The molecular weight excluding hydrogens is 889 g/mol. The van der Waals surface area contributed by atoms with Crippen LogP contribution in [-0.2, 0) is 41.2 Å². The molecule has 65 heavy (non-hydrogen) atoms. The van der Waals surface area contributed by atoms with E-state index in [9.17, 15) is 54.3 Å². The second-order valence-corrected chi connectivity index (χ2v) is 16.5. The molecule has 2 aliphatic heterocycles. The molecule has 19 heteroatoms. The molecule has 4 aromatic carbocycles. The first-order valence-corrected chi connectivity index (χ1v) is 21.1. The fraction of sp³-hybridized carbons (Fsp3) is 0.304. The SMILES string of the molecule is CC(C)(C(=O)Nc1cccc(CC(F)(F)F)c1)N1COC(C(F)F)=C(c2ccccc2)C1=O.CSCC1=C(c2ccccc2)C(=O)N(C(C)(C)C(=O)Nc2cccc(C(F)(F)F)c2)CO1. The van der Waals surface area contributed by atoms with E-state index < -0.39 is 72.1 Å². The summed E-state index contributed by atoms with van der Waals surface area (Å²) in [4.78, 5) is 54.9. The molecule has 0 unspecified atom stereocenters. The summed E-state index contributed by atoms with van der Waals surface area (Å²) in [5, 5.41) is 4.99. The van der Waals surface area contributed by atoms with Gasteiger partial charge in [0, 0.05) is 11.4 Å². The summed E-state index contributed by atoms with van der Waals surface area (Å²) in [6.07, 6.45) is -11.3. The van der Waals surface area contributed by atoms with Crippen LogP contribution in [0, 0.1) is 0 Å².